The number of benzene rings is 4. The minimum Gasteiger partial charge on any atom is -0.508 e. The third-order valence-corrected chi connectivity index (χ3v) is 5.74. The van der Waals surface area contributed by atoms with Crippen LogP contribution in [0.2, 0.25) is 0 Å². The van der Waals surface area contributed by atoms with Crippen LogP contribution in [0.25, 0.3) is 33.4 Å². The first-order valence-corrected chi connectivity index (χ1v) is 11.1. The molecule has 0 saturated carbocycles. The van der Waals surface area contributed by atoms with Crippen molar-refractivity contribution < 1.29 is 23.8 Å². The van der Waals surface area contributed by atoms with Crippen molar-refractivity contribution in [3.8, 4) is 33.9 Å². The van der Waals surface area contributed by atoms with Crippen LogP contribution in [0.15, 0.2) is 94.1 Å². The number of esters is 1. The number of hydrogen-bond acceptors (Lipinski definition) is 6. The number of phenolic OH excluding ortho intramolecular Hbond substituents is 1. The Kier molecular flexibility index (Phi) is 5.94. The zero-order valence-electron chi connectivity index (χ0n) is 19.0. The second kappa shape index (κ2) is 9.35. The van der Waals surface area contributed by atoms with E-state index in [2.05, 4.69) is 0 Å². The highest BCUT2D eigenvalue weighted by Crippen LogP contribution is 2.42. The van der Waals surface area contributed by atoms with E-state index in [0.29, 0.717) is 17.1 Å². The summed E-state index contributed by atoms with van der Waals surface area (Å²) in [6, 6.07) is 24.6. The third-order valence-electron chi connectivity index (χ3n) is 5.74. The van der Waals surface area contributed by atoms with Crippen LogP contribution in [0.1, 0.15) is 11.1 Å². The van der Waals surface area contributed by atoms with Crippen LogP contribution in [0, 0.1) is 6.92 Å². The van der Waals surface area contributed by atoms with E-state index in [0.717, 1.165) is 33.2 Å². The van der Waals surface area contributed by atoms with Crippen molar-refractivity contribution in [3.05, 3.63) is 106 Å². The fourth-order valence-electron chi connectivity index (χ4n) is 4.08. The largest absolute Gasteiger partial charge is 0.508 e. The lowest BCUT2D eigenvalue weighted by Gasteiger charge is -2.17. The van der Waals surface area contributed by atoms with Crippen LogP contribution in [0.3, 0.4) is 0 Å². The molecule has 0 spiro atoms. The number of aromatic hydroxyl groups is 1. The molecule has 174 valence electrons. The first kappa shape index (κ1) is 22.2. The van der Waals surface area contributed by atoms with Crippen LogP contribution in [-0.4, -0.2) is 17.7 Å². The average molecular weight is 466 g/mol. The van der Waals surface area contributed by atoms with E-state index < -0.39 is 5.97 Å². The first-order valence-electron chi connectivity index (χ1n) is 11.1. The summed E-state index contributed by atoms with van der Waals surface area (Å²) >= 11 is 0. The monoisotopic (exact) mass is 466 g/mol. The lowest BCUT2D eigenvalue weighted by atomic mass is 9.91. The zero-order chi connectivity index (χ0) is 24.4. The molecule has 6 nitrogen and oxygen atoms in total. The molecule has 1 heterocycles. The van der Waals surface area contributed by atoms with Crippen LogP contribution < -0.4 is 10.2 Å². The minimum atomic E-state index is -0.453. The number of fused-ring (bicyclic) bond motifs is 2. The lowest BCUT2D eigenvalue weighted by Crippen LogP contribution is -2.14. The van der Waals surface area contributed by atoms with Crippen molar-refractivity contribution >= 4 is 16.9 Å². The molecular formula is C29H22O6. The van der Waals surface area contributed by atoms with E-state index >= 15 is 0 Å². The molecule has 0 amide bonds. The maximum Gasteiger partial charge on any atom is 0.344 e. The second-order valence-electron chi connectivity index (χ2n) is 8.23. The highest BCUT2D eigenvalue weighted by molar-refractivity contribution is 6.02. The Morgan fingerprint density at radius 2 is 1.71 bits per heavy atom. The molecule has 0 saturated heterocycles. The Labute approximate surface area is 201 Å². The predicted octanol–water partition coefficient (Wildman–Crippen LogP) is 5.70. The maximum absolute atomic E-state index is 12.1. The molecule has 6 heteroatoms. The Morgan fingerprint density at radius 1 is 0.914 bits per heavy atom. The molecule has 0 atom stereocenters. The second-order valence-corrected chi connectivity index (χ2v) is 8.23. The Morgan fingerprint density at radius 3 is 2.51 bits per heavy atom. The van der Waals surface area contributed by atoms with Crippen molar-refractivity contribution in [3.63, 3.8) is 0 Å². The molecule has 3 aromatic rings. The summed E-state index contributed by atoms with van der Waals surface area (Å²) in [5, 5.41) is 10.7. The summed E-state index contributed by atoms with van der Waals surface area (Å²) in [7, 11) is 0. The van der Waals surface area contributed by atoms with Crippen molar-refractivity contribution in [1.29, 1.82) is 0 Å². The van der Waals surface area contributed by atoms with Gasteiger partial charge in [-0.15, -0.1) is 0 Å². The number of phenols is 1. The molecule has 0 fully saturated rings. The highest BCUT2D eigenvalue weighted by atomic mass is 16.6. The number of hydrogen-bond donors (Lipinski definition) is 1. The molecule has 35 heavy (non-hydrogen) atoms. The van der Waals surface area contributed by atoms with Crippen LogP contribution in [0.5, 0.6) is 11.5 Å². The number of carbonyl (C=O) groups is 1. The fraction of sp³-hybridized carbons (Fsp3) is 0.103. The van der Waals surface area contributed by atoms with E-state index in [1.54, 1.807) is 24.3 Å². The van der Waals surface area contributed by atoms with Crippen LogP contribution >= 0.6 is 0 Å². The maximum atomic E-state index is 12.1. The minimum absolute atomic E-state index is 0.0736. The van der Waals surface area contributed by atoms with Gasteiger partial charge in [0, 0.05) is 28.6 Å². The molecule has 0 aromatic heterocycles. The van der Waals surface area contributed by atoms with Crippen molar-refractivity contribution in [2.75, 3.05) is 6.61 Å². The molecule has 1 aliphatic heterocycles. The van der Waals surface area contributed by atoms with Gasteiger partial charge in [0.25, 0.3) is 0 Å². The molecule has 5 rings (SSSR count). The summed E-state index contributed by atoms with van der Waals surface area (Å²) < 4.78 is 16.9. The van der Waals surface area contributed by atoms with Gasteiger partial charge in [-0.25, -0.2) is 4.79 Å². The van der Waals surface area contributed by atoms with Gasteiger partial charge in [0.2, 0.25) is 0 Å². The van der Waals surface area contributed by atoms with E-state index in [1.165, 1.54) is 18.2 Å². The highest BCUT2D eigenvalue weighted by Gasteiger charge is 2.19. The molecule has 1 N–H and O–H groups in total. The van der Waals surface area contributed by atoms with Crippen molar-refractivity contribution in [2.24, 2.45) is 0 Å². The summed E-state index contributed by atoms with van der Waals surface area (Å²) in [5.41, 5.74) is 4.71. The summed E-state index contributed by atoms with van der Waals surface area (Å²) in [6.07, 6.45) is 0. The van der Waals surface area contributed by atoms with Gasteiger partial charge in [-0.2, -0.15) is 0 Å². The quantitative estimate of drug-likeness (QED) is 0.255. The van der Waals surface area contributed by atoms with E-state index in [9.17, 15) is 14.7 Å². The number of rotatable bonds is 6. The van der Waals surface area contributed by atoms with E-state index in [4.69, 9.17) is 13.9 Å². The number of carbonyl (C=O) groups excluding carboxylic acids is 1. The molecule has 0 radical (unpaired) electrons. The first-order chi connectivity index (χ1) is 17.0. The van der Waals surface area contributed by atoms with E-state index in [1.807, 2.05) is 49.4 Å². The molecular weight excluding hydrogens is 444 g/mol. The molecule has 3 aromatic carbocycles. The van der Waals surface area contributed by atoms with Gasteiger partial charge in [0.15, 0.2) is 12.0 Å². The molecule has 2 aliphatic rings. The predicted molar refractivity (Wildman–Crippen MR) is 133 cm³/mol. The Balaban J connectivity index is 1.42. The summed E-state index contributed by atoms with van der Waals surface area (Å²) in [5.74, 6) is 0.595. The van der Waals surface area contributed by atoms with Gasteiger partial charge in [-0.05, 0) is 60.0 Å². The SMILES string of the molecule is Cc1cc(OCC(=O)OCc2ccccc2)ccc1-c1c2ccc(=O)cc-2oc2cc(O)ccc12. The third kappa shape index (κ3) is 4.73. The van der Waals surface area contributed by atoms with E-state index in [-0.39, 0.29) is 24.4 Å². The lowest BCUT2D eigenvalue weighted by molar-refractivity contribution is -0.147. The Bertz CT molecular complexity index is 1550. The topological polar surface area (TPSA) is 86.0 Å². The van der Waals surface area contributed by atoms with Crippen LogP contribution in [0.4, 0.5) is 0 Å². The normalized spacial score (nSPS) is 11.0. The van der Waals surface area contributed by atoms with Gasteiger partial charge >= 0.3 is 5.97 Å². The van der Waals surface area contributed by atoms with Gasteiger partial charge in [-0.1, -0.05) is 36.4 Å². The number of ether oxygens (including phenoxy) is 2. The van der Waals surface area contributed by atoms with Gasteiger partial charge < -0.3 is 19.0 Å². The fourth-order valence-corrected chi connectivity index (χ4v) is 4.08. The standard InChI is InChI=1S/C29H22O6/c1-18-13-22(33-17-28(32)34-16-19-5-3-2-4-6-19)9-12-23(18)29-24-10-7-20(30)14-26(24)35-27-15-21(31)8-11-25(27)29/h2-15,30H,16-17H2,1H3. The van der Waals surface area contributed by atoms with Gasteiger partial charge in [0.1, 0.15) is 29.4 Å². The van der Waals surface area contributed by atoms with Crippen LogP contribution in [-0.2, 0) is 16.1 Å². The van der Waals surface area contributed by atoms with Crippen molar-refractivity contribution in [1.82, 2.24) is 0 Å². The van der Waals surface area contributed by atoms with Gasteiger partial charge in [0.05, 0.1) is 0 Å². The zero-order valence-corrected chi connectivity index (χ0v) is 19.0. The average Bonchev–Trinajstić information content (AvgIpc) is 2.85. The molecule has 0 unspecified atom stereocenters. The number of aryl methyl sites for hydroxylation is 1. The molecule has 0 bridgehead atoms. The summed E-state index contributed by atoms with van der Waals surface area (Å²) in [6.45, 7) is 1.94. The Hall–Kier alpha value is -4.58. The molecule has 1 aliphatic carbocycles. The smallest absolute Gasteiger partial charge is 0.344 e. The van der Waals surface area contributed by atoms with Crippen molar-refractivity contribution in [2.45, 2.75) is 13.5 Å². The summed E-state index contributed by atoms with van der Waals surface area (Å²) in [4.78, 5) is 24.0. The van der Waals surface area contributed by atoms with Gasteiger partial charge in [-0.3, -0.25) is 4.79 Å².